The van der Waals surface area contributed by atoms with Gasteiger partial charge in [0.05, 0.1) is 17.7 Å². The maximum absolute atomic E-state index is 13.3. The SMILES string of the molecule is CC(C)Oc1cccc(/C(O)=C2\C(=O)C(=O)N(c3ccc4c(c3)OCO4)C2c2cccnc2)c1. The summed E-state index contributed by atoms with van der Waals surface area (Å²) in [6.45, 7) is 3.87. The van der Waals surface area contributed by atoms with Gasteiger partial charge in [0.15, 0.2) is 11.5 Å². The number of aliphatic hydroxyl groups excluding tert-OH is 1. The van der Waals surface area contributed by atoms with E-state index in [1.165, 1.54) is 4.90 Å². The summed E-state index contributed by atoms with van der Waals surface area (Å²) in [4.78, 5) is 32.0. The first-order valence-electron chi connectivity index (χ1n) is 10.8. The molecule has 8 nitrogen and oxygen atoms in total. The highest BCUT2D eigenvalue weighted by atomic mass is 16.7. The van der Waals surface area contributed by atoms with Crippen molar-refractivity contribution < 1.29 is 28.9 Å². The van der Waals surface area contributed by atoms with Crippen molar-refractivity contribution in [2.75, 3.05) is 11.7 Å². The van der Waals surface area contributed by atoms with Crippen LogP contribution in [0.3, 0.4) is 0 Å². The molecule has 5 rings (SSSR count). The zero-order valence-electron chi connectivity index (χ0n) is 18.6. The molecule has 0 bridgehead atoms. The largest absolute Gasteiger partial charge is 0.507 e. The molecule has 1 unspecified atom stereocenters. The third-order valence-corrected chi connectivity index (χ3v) is 5.56. The number of hydrogen-bond acceptors (Lipinski definition) is 7. The molecule has 1 N–H and O–H groups in total. The quantitative estimate of drug-likeness (QED) is 0.347. The number of benzene rings is 2. The maximum Gasteiger partial charge on any atom is 0.300 e. The van der Waals surface area contributed by atoms with Crippen LogP contribution >= 0.6 is 0 Å². The number of hydrogen-bond donors (Lipinski definition) is 1. The van der Waals surface area contributed by atoms with Gasteiger partial charge >= 0.3 is 0 Å². The van der Waals surface area contributed by atoms with Crippen molar-refractivity contribution in [3.05, 3.63) is 83.7 Å². The Morgan fingerprint density at radius 1 is 1.09 bits per heavy atom. The summed E-state index contributed by atoms with van der Waals surface area (Å²) in [5.41, 5.74) is 1.36. The predicted octanol–water partition coefficient (Wildman–Crippen LogP) is 4.22. The second-order valence-electron chi connectivity index (χ2n) is 8.19. The summed E-state index contributed by atoms with van der Waals surface area (Å²) < 4.78 is 16.6. The number of fused-ring (bicyclic) bond motifs is 1. The minimum Gasteiger partial charge on any atom is -0.507 e. The van der Waals surface area contributed by atoms with Crippen LogP contribution in [-0.2, 0) is 9.59 Å². The molecule has 1 saturated heterocycles. The van der Waals surface area contributed by atoms with Gasteiger partial charge in [-0.25, -0.2) is 0 Å². The Bertz CT molecular complexity index is 1300. The van der Waals surface area contributed by atoms with E-state index in [0.29, 0.717) is 34.1 Å². The molecule has 2 aromatic carbocycles. The number of ketones is 1. The van der Waals surface area contributed by atoms with Crippen LogP contribution in [0.5, 0.6) is 17.2 Å². The van der Waals surface area contributed by atoms with Gasteiger partial charge in [-0.05, 0) is 49.7 Å². The smallest absolute Gasteiger partial charge is 0.300 e. The molecule has 3 aromatic rings. The fraction of sp³-hybridized carbons (Fsp3) is 0.192. The van der Waals surface area contributed by atoms with Crippen molar-refractivity contribution >= 4 is 23.1 Å². The zero-order chi connectivity index (χ0) is 23.8. The number of pyridine rings is 1. The van der Waals surface area contributed by atoms with Crippen LogP contribution in [0.2, 0.25) is 0 Å². The van der Waals surface area contributed by atoms with Crippen LogP contribution in [-0.4, -0.2) is 34.7 Å². The van der Waals surface area contributed by atoms with E-state index in [1.807, 2.05) is 13.8 Å². The van der Waals surface area contributed by atoms with E-state index in [0.717, 1.165) is 0 Å². The summed E-state index contributed by atoms with van der Waals surface area (Å²) in [5.74, 6) is -0.266. The highest BCUT2D eigenvalue weighted by Crippen LogP contribution is 2.44. The second kappa shape index (κ2) is 8.55. The molecule has 34 heavy (non-hydrogen) atoms. The number of carbonyl (C=O) groups is 2. The van der Waals surface area contributed by atoms with Gasteiger partial charge in [0.1, 0.15) is 11.5 Å². The summed E-state index contributed by atoms with van der Waals surface area (Å²) in [7, 11) is 0. The first-order chi connectivity index (χ1) is 16.4. The Hall–Kier alpha value is -4.33. The number of aliphatic hydroxyl groups is 1. The molecule has 2 aliphatic rings. The van der Waals surface area contributed by atoms with Crippen molar-refractivity contribution in [1.82, 2.24) is 4.98 Å². The minimum atomic E-state index is -0.885. The van der Waals surface area contributed by atoms with E-state index in [-0.39, 0.29) is 24.2 Å². The van der Waals surface area contributed by atoms with Gasteiger partial charge in [0, 0.05) is 29.7 Å². The highest BCUT2D eigenvalue weighted by Gasteiger charge is 2.47. The maximum atomic E-state index is 13.3. The fourth-order valence-corrected chi connectivity index (χ4v) is 4.13. The Kier molecular flexibility index (Phi) is 5.41. The Morgan fingerprint density at radius 3 is 2.68 bits per heavy atom. The molecule has 1 aromatic heterocycles. The van der Waals surface area contributed by atoms with Crippen LogP contribution in [0.4, 0.5) is 5.69 Å². The lowest BCUT2D eigenvalue weighted by Crippen LogP contribution is -2.29. The van der Waals surface area contributed by atoms with E-state index in [1.54, 1.807) is 67.0 Å². The predicted molar refractivity (Wildman–Crippen MR) is 124 cm³/mol. The lowest BCUT2D eigenvalue weighted by atomic mass is 9.96. The van der Waals surface area contributed by atoms with Crippen molar-refractivity contribution in [3.63, 3.8) is 0 Å². The van der Waals surface area contributed by atoms with Crippen LogP contribution in [0.1, 0.15) is 31.0 Å². The Labute approximate surface area is 196 Å². The third kappa shape index (κ3) is 3.73. The highest BCUT2D eigenvalue weighted by molar-refractivity contribution is 6.51. The minimum absolute atomic E-state index is 0.0302. The van der Waals surface area contributed by atoms with Gasteiger partial charge in [-0.2, -0.15) is 0 Å². The average molecular weight is 458 g/mol. The molecule has 1 fully saturated rings. The average Bonchev–Trinajstić information content (AvgIpc) is 3.41. The normalized spacial score (nSPS) is 18.6. The number of ether oxygens (including phenoxy) is 3. The number of anilines is 1. The number of Topliss-reactive ketones (excluding diaryl/α,β-unsaturated/α-hetero) is 1. The summed E-state index contributed by atoms with van der Waals surface area (Å²) in [6.07, 6.45) is 3.11. The third-order valence-electron chi connectivity index (χ3n) is 5.56. The molecule has 0 saturated carbocycles. The molecule has 0 aliphatic carbocycles. The van der Waals surface area contributed by atoms with Gasteiger partial charge in [0.2, 0.25) is 6.79 Å². The van der Waals surface area contributed by atoms with Gasteiger partial charge < -0.3 is 19.3 Å². The molecule has 3 heterocycles. The van der Waals surface area contributed by atoms with Gasteiger partial charge in [-0.1, -0.05) is 18.2 Å². The van der Waals surface area contributed by atoms with Crippen molar-refractivity contribution in [2.45, 2.75) is 26.0 Å². The number of carbonyl (C=O) groups excluding carboxylic acids is 2. The number of amides is 1. The van der Waals surface area contributed by atoms with Gasteiger partial charge in [0.25, 0.3) is 11.7 Å². The molecule has 172 valence electrons. The van der Waals surface area contributed by atoms with Gasteiger partial charge in [-0.3, -0.25) is 19.5 Å². The summed E-state index contributed by atoms with van der Waals surface area (Å²) in [5, 5.41) is 11.3. The van der Waals surface area contributed by atoms with Crippen molar-refractivity contribution in [2.24, 2.45) is 0 Å². The van der Waals surface area contributed by atoms with Crippen LogP contribution in [0.25, 0.3) is 5.76 Å². The number of nitrogens with zero attached hydrogens (tertiary/aromatic N) is 2. The van der Waals surface area contributed by atoms with E-state index in [2.05, 4.69) is 4.98 Å². The fourth-order valence-electron chi connectivity index (χ4n) is 4.13. The molecular formula is C26H22N2O6. The molecule has 0 radical (unpaired) electrons. The van der Waals surface area contributed by atoms with Crippen LogP contribution in [0.15, 0.2) is 72.6 Å². The lowest BCUT2D eigenvalue weighted by molar-refractivity contribution is -0.132. The number of aromatic nitrogens is 1. The van der Waals surface area contributed by atoms with E-state index >= 15 is 0 Å². The van der Waals surface area contributed by atoms with E-state index in [9.17, 15) is 14.7 Å². The summed E-state index contributed by atoms with van der Waals surface area (Å²) >= 11 is 0. The zero-order valence-corrected chi connectivity index (χ0v) is 18.6. The standard InChI is InChI=1S/C26H22N2O6/c1-15(2)34-19-7-3-5-16(11-19)24(29)22-23(17-6-4-10-27-13-17)28(26(31)25(22)30)18-8-9-20-21(12-18)33-14-32-20/h3-13,15,23,29H,14H2,1-2H3/b24-22+. The monoisotopic (exact) mass is 458 g/mol. The van der Waals surface area contributed by atoms with Crippen molar-refractivity contribution in [1.29, 1.82) is 0 Å². The molecule has 1 amide bonds. The van der Waals surface area contributed by atoms with Crippen LogP contribution in [0, 0.1) is 0 Å². The van der Waals surface area contributed by atoms with Crippen molar-refractivity contribution in [3.8, 4) is 17.2 Å². The molecule has 2 aliphatic heterocycles. The number of rotatable bonds is 5. The topological polar surface area (TPSA) is 98.2 Å². The Morgan fingerprint density at radius 2 is 1.91 bits per heavy atom. The van der Waals surface area contributed by atoms with Gasteiger partial charge in [-0.15, -0.1) is 0 Å². The molecule has 1 atom stereocenters. The molecule has 8 heteroatoms. The van der Waals surface area contributed by atoms with Crippen LogP contribution < -0.4 is 19.1 Å². The Balaban J connectivity index is 1.66. The molecule has 0 spiro atoms. The summed E-state index contributed by atoms with van der Waals surface area (Å²) in [6, 6.07) is 14.4. The lowest BCUT2D eigenvalue weighted by Gasteiger charge is -2.25. The van der Waals surface area contributed by atoms with E-state index in [4.69, 9.17) is 14.2 Å². The molecular weight excluding hydrogens is 436 g/mol. The first kappa shape index (κ1) is 21.5. The first-order valence-corrected chi connectivity index (χ1v) is 10.8. The van der Waals surface area contributed by atoms with E-state index < -0.39 is 17.7 Å². The second-order valence-corrected chi connectivity index (χ2v) is 8.19.